The largest absolute Gasteiger partial charge is 0.366 e. The summed E-state index contributed by atoms with van der Waals surface area (Å²) in [5, 5.41) is 0. The van der Waals surface area contributed by atoms with Gasteiger partial charge in [0.25, 0.3) is 11.8 Å². The highest BCUT2D eigenvalue weighted by Crippen LogP contribution is 2.33. The Morgan fingerprint density at radius 2 is 1.68 bits per heavy atom. The maximum atomic E-state index is 14.4. The fourth-order valence-corrected chi connectivity index (χ4v) is 4.20. The van der Waals surface area contributed by atoms with Crippen molar-refractivity contribution in [2.75, 3.05) is 13.1 Å². The van der Waals surface area contributed by atoms with Gasteiger partial charge in [-0.1, -0.05) is 36.4 Å². The first kappa shape index (κ1) is 23.4. The number of aryl methyl sites for hydroxylation is 2. The van der Waals surface area contributed by atoms with Gasteiger partial charge in [0, 0.05) is 31.0 Å². The number of carbonyl (C=O) groups is 2. The maximum absolute atomic E-state index is 14.4. The molecule has 0 bridgehead atoms. The number of likely N-dealkylation sites (N-methyl/N-ethyl adjacent to an activating group) is 1. The smallest absolute Gasteiger partial charge is 0.278 e. The van der Waals surface area contributed by atoms with Gasteiger partial charge in [-0.15, -0.1) is 0 Å². The summed E-state index contributed by atoms with van der Waals surface area (Å²) in [5.74, 6) is -1.22. The standard InChI is InChI=1S/C28H28FN3O2/c1-4-31(16-13-21-11-14-30-15-12-21)26-25(22-10-9-19(2)20(3)17-22)27(33)32(28(26)34)18-23-7-5-6-8-24(23)29/h5-12,14-15,17H,4,13,16,18H2,1-3H3. The molecule has 1 aliphatic heterocycles. The van der Waals surface area contributed by atoms with Crippen molar-refractivity contribution >= 4 is 17.4 Å². The van der Waals surface area contributed by atoms with Crippen LogP contribution < -0.4 is 0 Å². The van der Waals surface area contributed by atoms with Crippen LogP contribution in [-0.2, 0) is 22.6 Å². The predicted molar refractivity (Wildman–Crippen MR) is 130 cm³/mol. The van der Waals surface area contributed by atoms with Gasteiger partial charge in [0.05, 0.1) is 12.1 Å². The minimum Gasteiger partial charge on any atom is -0.366 e. The molecule has 0 aliphatic carbocycles. The number of pyridine rings is 1. The summed E-state index contributed by atoms with van der Waals surface area (Å²) in [7, 11) is 0. The molecule has 2 amide bonds. The first-order valence-electron chi connectivity index (χ1n) is 11.5. The summed E-state index contributed by atoms with van der Waals surface area (Å²) >= 11 is 0. The van der Waals surface area contributed by atoms with Gasteiger partial charge >= 0.3 is 0 Å². The second-order valence-electron chi connectivity index (χ2n) is 8.50. The van der Waals surface area contributed by atoms with Crippen LogP contribution in [0.5, 0.6) is 0 Å². The van der Waals surface area contributed by atoms with Crippen LogP contribution in [-0.4, -0.2) is 39.7 Å². The first-order valence-corrected chi connectivity index (χ1v) is 11.5. The van der Waals surface area contributed by atoms with Gasteiger partial charge < -0.3 is 4.90 Å². The molecule has 2 heterocycles. The summed E-state index contributed by atoms with van der Waals surface area (Å²) in [6.07, 6.45) is 4.19. The van der Waals surface area contributed by atoms with E-state index in [1.165, 1.54) is 6.07 Å². The van der Waals surface area contributed by atoms with E-state index in [0.717, 1.165) is 21.6 Å². The average Bonchev–Trinajstić information content (AvgIpc) is 3.08. The van der Waals surface area contributed by atoms with Crippen molar-refractivity contribution < 1.29 is 14.0 Å². The van der Waals surface area contributed by atoms with Gasteiger partial charge in [0.2, 0.25) is 0 Å². The van der Waals surface area contributed by atoms with Crippen molar-refractivity contribution in [3.63, 3.8) is 0 Å². The molecule has 3 aromatic rings. The van der Waals surface area contributed by atoms with Crippen LogP contribution in [0.3, 0.4) is 0 Å². The number of halogens is 1. The number of rotatable bonds is 8. The quantitative estimate of drug-likeness (QED) is 0.461. The molecule has 0 unspecified atom stereocenters. The number of hydrogen-bond acceptors (Lipinski definition) is 4. The number of aromatic nitrogens is 1. The number of hydrogen-bond donors (Lipinski definition) is 0. The third-order valence-electron chi connectivity index (χ3n) is 6.34. The fourth-order valence-electron chi connectivity index (χ4n) is 4.20. The zero-order valence-corrected chi connectivity index (χ0v) is 19.7. The lowest BCUT2D eigenvalue weighted by atomic mass is 9.99. The third kappa shape index (κ3) is 4.62. The van der Waals surface area contributed by atoms with Crippen molar-refractivity contribution in [1.82, 2.24) is 14.8 Å². The van der Waals surface area contributed by atoms with E-state index in [2.05, 4.69) is 4.98 Å². The van der Waals surface area contributed by atoms with Crippen LogP contribution in [0.1, 0.15) is 34.7 Å². The molecule has 34 heavy (non-hydrogen) atoms. The van der Waals surface area contributed by atoms with Crippen molar-refractivity contribution in [2.24, 2.45) is 0 Å². The fraction of sp³-hybridized carbons (Fsp3) is 0.250. The molecule has 0 saturated heterocycles. The Hall–Kier alpha value is -3.80. The Morgan fingerprint density at radius 1 is 0.941 bits per heavy atom. The molecule has 5 nitrogen and oxygen atoms in total. The predicted octanol–water partition coefficient (Wildman–Crippen LogP) is 4.68. The Bertz CT molecular complexity index is 1250. The Balaban J connectivity index is 1.74. The normalized spacial score (nSPS) is 13.7. The molecule has 1 aromatic heterocycles. The topological polar surface area (TPSA) is 53.5 Å². The van der Waals surface area contributed by atoms with Crippen molar-refractivity contribution in [3.8, 4) is 0 Å². The highest BCUT2D eigenvalue weighted by Gasteiger charge is 2.41. The summed E-state index contributed by atoms with van der Waals surface area (Å²) in [6, 6.07) is 15.9. The zero-order valence-electron chi connectivity index (χ0n) is 19.7. The van der Waals surface area contributed by atoms with Crippen LogP contribution in [0, 0.1) is 19.7 Å². The SMILES string of the molecule is CCN(CCc1ccncc1)C1=C(c2ccc(C)c(C)c2)C(=O)N(Cc2ccccc2F)C1=O. The molecule has 174 valence electrons. The summed E-state index contributed by atoms with van der Waals surface area (Å²) in [4.78, 5) is 34.4. The number of carbonyl (C=O) groups excluding carboxylic acids is 2. The van der Waals surface area contributed by atoms with E-state index in [-0.39, 0.29) is 6.54 Å². The monoisotopic (exact) mass is 457 g/mol. The number of amides is 2. The van der Waals surface area contributed by atoms with E-state index in [1.54, 1.807) is 30.6 Å². The summed E-state index contributed by atoms with van der Waals surface area (Å²) < 4.78 is 14.4. The lowest BCUT2D eigenvalue weighted by molar-refractivity contribution is -0.138. The van der Waals surface area contributed by atoms with Crippen LogP contribution in [0.15, 0.2) is 72.7 Å². The van der Waals surface area contributed by atoms with Gasteiger partial charge in [0.1, 0.15) is 11.5 Å². The summed E-state index contributed by atoms with van der Waals surface area (Å²) in [5.41, 5.74) is 5.01. The highest BCUT2D eigenvalue weighted by molar-refractivity contribution is 6.35. The second kappa shape index (κ2) is 10.00. The lowest BCUT2D eigenvalue weighted by Gasteiger charge is -2.25. The molecule has 0 fully saturated rings. The Labute approximate surface area is 199 Å². The molecule has 0 atom stereocenters. The van der Waals surface area contributed by atoms with E-state index < -0.39 is 17.6 Å². The molecular weight excluding hydrogens is 429 g/mol. The van der Waals surface area contributed by atoms with E-state index in [4.69, 9.17) is 0 Å². The van der Waals surface area contributed by atoms with Gasteiger partial charge in [-0.05, 0) is 67.6 Å². The van der Waals surface area contributed by atoms with E-state index >= 15 is 0 Å². The number of benzene rings is 2. The van der Waals surface area contributed by atoms with Gasteiger partial charge in [-0.3, -0.25) is 19.5 Å². The lowest BCUT2D eigenvalue weighted by Crippen LogP contribution is -2.35. The van der Waals surface area contributed by atoms with Gasteiger partial charge in [-0.2, -0.15) is 0 Å². The molecule has 4 rings (SSSR count). The molecule has 0 saturated carbocycles. The van der Waals surface area contributed by atoms with Crippen LogP contribution in [0.25, 0.3) is 5.57 Å². The van der Waals surface area contributed by atoms with E-state index in [9.17, 15) is 14.0 Å². The molecule has 6 heteroatoms. The van der Waals surface area contributed by atoms with Crippen LogP contribution in [0.4, 0.5) is 4.39 Å². The third-order valence-corrected chi connectivity index (χ3v) is 6.34. The average molecular weight is 458 g/mol. The molecular formula is C28H28FN3O2. The molecule has 1 aliphatic rings. The minimum atomic E-state index is -0.436. The minimum absolute atomic E-state index is 0.107. The number of nitrogens with zero attached hydrogens (tertiary/aromatic N) is 3. The summed E-state index contributed by atoms with van der Waals surface area (Å²) in [6.45, 7) is 6.98. The molecule has 0 spiro atoms. The van der Waals surface area contributed by atoms with Crippen LogP contribution >= 0.6 is 0 Å². The molecule has 2 aromatic carbocycles. The molecule has 0 radical (unpaired) electrons. The van der Waals surface area contributed by atoms with E-state index in [0.29, 0.717) is 41.9 Å². The van der Waals surface area contributed by atoms with Crippen molar-refractivity contribution in [2.45, 2.75) is 33.7 Å². The Kier molecular flexibility index (Phi) is 6.87. The Morgan fingerprint density at radius 3 is 2.35 bits per heavy atom. The zero-order chi connectivity index (χ0) is 24.2. The first-order chi connectivity index (χ1) is 16.4. The maximum Gasteiger partial charge on any atom is 0.278 e. The van der Waals surface area contributed by atoms with Crippen LogP contribution in [0.2, 0.25) is 0 Å². The van der Waals surface area contributed by atoms with Gasteiger partial charge in [-0.25, -0.2) is 4.39 Å². The van der Waals surface area contributed by atoms with Crippen molar-refractivity contribution in [1.29, 1.82) is 0 Å². The molecule has 0 N–H and O–H groups in total. The van der Waals surface area contributed by atoms with E-state index in [1.807, 2.05) is 56.0 Å². The second-order valence-corrected chi connectivity index (χ2v) is 8.50. The van der Waals surface area contributed by atoms with Crippen molar-refractivity contribution in [3.05, 3.63) is 106 Å². The highest BCUT2D eigenvalue weighted by atomic mass is 19.1. The van der Waals surface area contributed by atoms with Gasteiger partial charge in [0.15, 0.2) is 0 Å². The number of imide groups is 1.